The molecule has 0 bridgehead atoms. The van der Waals surface area contributed by atoms with Crippen molar-refractivity contribution in [2.24, 2.45) is 0 Å². The number of ether oxygens (including phenoxy) is 1. The molecule has 1 amide bonds. The number of nitrogens with one attached hydrogen (secondary N) is 1. The van der Waals surface area contributed by atoms with Gasteiger partial charge in [0, 0.05) is 22.9 Å². The van der Waals surface area contributed by atoms with Gasteiger partial charge in [-0.1, -0.05) is 23.7 Å². The Bertz CT molecular complexity index is 645. The predicted molar refractivity (Wildman–Crippen MR) is 86.4 cm³/mol. The summed E-state index contributed by atoms with van der Waals surface area (Å²) in [6, 6.07) is 8.81. The second kappa shape index (κ2) is 6.79. The van der Waals surface area contributed by atoms with E-state index in [-0.39, 0.29) is 12.5 Å². The van der Waals surface area contributed by atoms with Crippen LogP contribution in [-0.4, -0.2) is 24.2 Å². The number of aliphatic hydroxyl groups excluding tert-OH is 1. The number of carbonyl (C=O) groups excluding carboxylic acids is 1. The third kappa shape index (κ3) is 3.50. The average molecular weight is 338 g/mol. The number of amides is 1. The van der Waals surface area contributed by atoms with Crippen LogP contribution in [0.25, 0.3) is 0 Å². The van der Waals surface area contributed by atoms with Crippen molar-refractivity contribution in [3.8, 4) is 0 Å². The molecule has 2 aromatic rings. The molecule has 1 aliphatic rings. The summed E-state index contributed by atoms with van der Waals surface area (Å²) < 4.78 is 5.38. The Morgan fingerprint density at radius 3 is 2.91 bits per heavy atom. The molecule has 0 radical (unpaired) electrons. The maximum Gasteiger partial charge on any atom is 0.261 e. The zero-order valence-corrected chi connectivity index (χ0v) is 13.4. The van der Waals surface area contributed by atoms with Crippen molar-refractivity contribution in [1.82, 2.24) is 5.32 Å². The summed E-state index contributed by atoms with van der Waals surface area (Å²) in [6.45, 7) is 1.45. The lowest BCUT2D eigenvalue weighted by atomic mass is 10.1. The molecule has 1 atom stereocenters. The van der Waals surface area contributed by atoms with Gasteiger partial charge in [-0.05, 0) is 29.3 Å². The minimum absolute atomic E-state index is 0.160. The second-order valence-corrected chi connectivity index (χ2v) is 6.71. The average Bonchev–Trinajstić information content (AvgIpc) is 2.97. The van der Waals surface area contributed by atoms with E-state index >= 15 is 0 Å². The summed E-state index contributed by atoms with van der Waals surface area (Å²) in [5, 5.41) is 13.5. The number of carbonyl (C=O) groups is 1. The first-order valence-corrected chi connectivity index (χ1v) is 8.24. The number of fused-ring (bicyclic) bond motifs is 1. The first-order chi connectivity index (χ1) is 10.6. The van der Waals surface area contributed by atoms with E-state index < -0.39 is 6.10 Å². The van der Waals surface area contributed by atoms with Crippen LogP contribution in [0, 0.1) is 0 Å². The number of rotatable bonds is 4. The summed E-state index contributed by atoms with van der Waals surface area (Å²) in [5.41, 5.74) is 1.82. The van der Waals surface area contributed by atoms with Crippen LogP contribution in [0.3, 0.4) is 0 Å². The first-order valence-electron chi connectivity index (χ1n) is 7.04. The van der Waals surface area contributed by atoms with Crippen LogP contribution < -0.4 is 5.32 Å². The third-order valence-corrected chi connectivity index (χ3v) is 5.05. The lowest BCUT2D eigenvalue weighted by molar-refractivity contribution is 0.0920. The normalized spacial score (nSPS) is 15.2. The number of thiophene rings is 1. The fourth-order valence-corrected chi connectivity index (χ4v) is 3.53. The molecule has 4 nitrogen and oxygen atoms in total. The van der Waals surface area contributed by atoms with Gasteiger partial charge in [0.15, 0.2) is 0 Å². The maximum absolute atomic E-state index is 12.2. The number of benzene rings is 1. The molecule has 2 N–H and O–H groups in total. The molecule has 0 spiro atoms. The molecule has 0 saturated heterocycles. The van der Waals surface area contributed by atoms with Crippen LogP contribution in [-0.2, 0) is 17.8 Å². The number of hydrogen-bond acceptors (Lipinski definition) is 4. The molecule has 22 heavy (non-hydrogen) atoms. The summed E-state index contributed by atoms with van der Waals surface area (Å²) in [4.78, 5) is 14.1. The standard InChI is InChI=1S/C16H16ClNO3S/c17-12-3-1-10(2-4-12)13(19)8-18-16(20)15-7-11-9-21-6-5-14(11)22-15/h1-4,7,13,19H,5-6,8-9H2,(H,18,20). The van der Waals surface area contributed by atoms with E-state index in [0.717, 1.165) is 17.5 Å². The molecule has 1 aromatic heterocycles. The van der Waals surface area contributed by atoms with Gasteiger partial charge >= 0.3 is 0 Å². The minimum atomic E-state index is -0.751. The second-order valence-electron chi connectivity index (χ2n) is 5.14. The van der Waals surface area contributed by atoms with Gasteiger partial charge in [-0.25, -0.2) is 0 Å². The molecule has 1 aliphatic heterocycles. The van der Waals surface area contributed by atoms with E-state index in [4.69, 9.17) is 16.3 Å². The van der Waals surface area contributed by atoms with Gasteiger partial charge in [0.25, 0.3) is 5.91 Å². The monoisotopic (exact) mass is 337 g/mol. The van der Waals surface area contributed by atoms with Crippen molar-refractivity contribution in [2.45, 2.75) is 19.1 Å². The predicted octanol–water partition coefficient (Wildman–Crippen LogP) is 2.94. The Labute approximate surface area is 137 Å². The Kier molecular flexibility index (Phi) is 4.78. The maximum atomic E-state index is 12.2. The topological polar surface area (TPSA) is 58.6 Å². The molecular weight excluding hydrogens is 322 g/mol. The molecule has 0 aliphatic carbocycles. The van der Waals surface area contributed by atoms with E-state index in [1.807, 2.05) is 6.07 Å². The Morgan fingerprint density at radius 2 is 2.18 bits per heavy atom. The van der Waals surface area contributed by atoms with E-state index in [1.54, 1.807) is 24.3 Å². The fourth-order valence-electron chi connectivity index (χ4n) is 2.34. The van der Waals surface area contributed by atoms with Crippen LogP contribution in [0.1, 0.15) is 31.8 Å². The van der Waals surface area contributed by atoms with Crippen molar-refractivity contribution in [2.75, 3.05) is 13.2 Å². The van der Waals surface area contributed by atoms with Gasteiger partial charge in [0.1, 0.15) is 0 Å². The van der Waals surface area contributed by atoms with Crippen molar-refractivity contribution in [1.29, 1.82) is 0 Å². The van der Waals surface area contributed by atoms with Gasteiger partial charge < -0.3 is 15.2 Å². The van der Waals surface area contributed by atoms with Crippen LogP contribution in [0.4, 0.5) is 0 Å². The smallest absolute Gasteiger partial charge is 0.261 e. The number of hydrogen-bond donors (Lipinski definition) is 2. The Morgan fingerprint density at radius 1 is 1.41 bits per heavy atom. The highest BCUT2D eigenvalue weighted by Gasteiger charge is 2.18. The van der Waals surface area contributed by atoms with Gasteiger partial charge in [-0.2, -0.15) is 0 Å². The van der Waals surface area contributed by atoms with Crippen LogP contribution in [0.2, 0.25) is 5.02 Å². The summed E-state index contributed by atoms with van der Waals surface area (Å²) in [5.74, 6) is -0.160. The molecule has 1 unspecified atom stereocenters. The summed E-state index contributed by atoms with van der Waals surface area (Å²) in [7, 11) is 0. The number of halogens is 1. The van der Waals surface area contributed by atoms with E-state index in [1.165, 1.54) is 16.2 Å². The zero-order valence-electron chi connectivity index (χ0n) is 11.8. The SMILES string of the molecule is O=C(NCC(O)c1ccc(Cl)cc1)c1cc2c(s1)CCOC2. The largest absolute Gasteiger partial charge is 0.387 e. The molecule has 1 aromatic carbocycles. The quantitative estimate of drug-likeness (QED) is 0.901. The lowest BCUT2D eigenvalue weighted by Gasteiger charge is -2.11. The van der Waals surface area contributed by atoms with Crippen LogP contribution >= 0.6 is 22.9 Å². The van der Waals surface area contributed by atoms with Gasteiger partial charge in [0.2, 0.25) is 0 Å². The first kappa shape index (κ1) is 15.5. The highest BCUT2D eigenvalue weighted by atomic mass is 35.5. The lowest BCUT2D eigenvalue weighted by Crippen LogP contribution is -2.27. The number of aliphatic hydroxyl groups is 1. The molecular formula is C16H16ClNO3S. The van der Waals surface area contributed by atoms with E-state index in [0.29, 0.717) is 23.1 Å². The third-order valence-electron chi connectivity index (χ3n) is 3.56. The molecule has 0 saturated carbocycles. The van der Waals surface area contributed by atoms with E-state index in [2.05, 4.69) is 5.32 Å². The summed E-state index contributed by atoms with van der Waals surface area (Å²) in [6.07, 6.45) is 0.111. The van der Waals surface area contributed by atoms with Crippen molar-refractivity contribution >= 4 is 28.8 Å². The molecule has 6 heteroatoms. The Balaban J connectivity index is 1.60. The highest BCUT2D eigenvalue weighted by Crippen LogP contribution is 2.27. The van der Waals surface area contributed by atoms with Gasteiger partial charge in [0.05, 0.1) is 24.2 Å². The van der Waals surface area contributed by atoms with Crippen molar-refractivity contribution in [3.05, 3.63) is 56.2 Å². The molecule has 3 rings (SSSR count). The molecule has 116 valence electrons. The van der Waals surface area contributed by atoms with Crippen LogP contribution in [0.15, 0.2) is 30.3 Å². The fraction of sp³-hybridized carbons (Fsp3) is 0.312. The van der Waals surface area contributed by atoms with Gasteiger partial charge in [-0.3, -0.25) is 4.79 Å². The summed E-state index contributed by atoms with van der Waals surface area (Å²) >= 11 is 7.32. The van der Waals surface area contributed by atoms with Crippen LogP contribution in [0.5, 0.6) is 0 Å². The minimum Gasteiger partial charge on any atom is -0.387 e. The van der Waals surface area contributed by atoms with Crippen molar-refractivity contribution in [3.63, 3.8) is 0 Å². The van der Waals surface area contributed by atoms with Gasteiger partial charge in [-0.15, -0.1) is 11.3 Å². The van der Waals surface area contributed by atoms with E-state index in [9.17, 15) is 9.90 Å². The Hall–Kier alpha value is -1.40. The molecule has 2 heterocycles. The molecule has 0 fully saturated rings. The van der Waals surface area contributed by atoms with Crippen molar-refractivity contribution < 1.29 is 14.6 Å². The zero-order chi connectivity index (χ0) is 15.5. The highest BCUT2D eigenvalue weighted by molar-refractivity contribution is 7.14.